The molecule has 0 saturated carbocycles. The van der Waals surface area contributed by atoms with Gasteiger partial charge in [0.25, 0.3) is 0 Å². The van der Waals surface area contributed by atoms with Crippen molar-refractivity contribution < 1.29 is 0 Å². The molecule has 0 aliphatic carbocycles. The van der Waals surface area contributed by atoms with E-state index in [0.717, 1.165) is 0 Å². The van der Waals surface area contributed by atoms with Crippen molar-refractivity contribution in [2.75, 3.05) is 0 Å². The van der Waals surface area contributed by atoms with Crippen LogP contribution >= 0.6 is 0 Å². The fourth-order valence-electron chi connectivity index (χ4n) is 0. The first-order chi connectivity index (χ1) is 1.73. The molecule has 0 nitrogen and oxygen atoms in total. The maximum atomic E-state index is 2.31. The van der Waals surface area contributed by atoms with Crippen LogP contribution in [0.25, 0.3) is 0 Å². The first kappa shape index (κ1) is 4.56. The summed E-state index contributed by atoms with van der Waals surface area (Å²) in [5.41, 5.74) is 6.94. The van der Waals surface area contributed by atoms with Crippen LogP contribution in [-0.2, 0) is 0 Å². The van der Waals surface area contributed by atoms with Gasteiger partial charge in [0.05, 0.1) is 0 Å². The zero-order valence-corrected chi connectivity index (χ0v) is 5.32. The fourth-order valence-corrected chi connectivity index (χ4v) is 0. The molecule has 0 heterocycles. The standard InChI is InChI=1S/C3H9As/c1-4(2)3/h1-3H3. The van der Waals surface area contributed by atoms with E-state index in [2.05, 4.69) is 17.1 Å². The van der Waals surface area contributed by atoms with E-state index >= 15 is 0 Å². The van der Waals surface area contributed by atoms with Gasteiger partial charge in [0.2, 0.25) is 0 Å². The van der Waals surface area contributed by atoms with Gasteiger partial charge in [-0.05, 0) is 0 Å². The van der Waals surface area contributed by atoms with Gasteiger partial charge in [-0.15, -0.1) is 0 Å². The molecule has 1 heteroatoms. The topological polar surface area (TPSA) is 0 Å². The Labute approximate surface area is 32.5 Å². The van der Waals surface area contributed by atoms with E-state index in [4.69, 9.17) is 0 Å². The molecule has 0 radical (unpaired) electrons. The molecule has 0 atom stereocenters. The molecule has 0 aliphatic rings. The summed E-state index contributed by atoms with van der Waals surface area (Å²) in [5.74, 6) is 0. The summed E-state index contributed by atoms with van der Waals surface area (Å²) < 4.78 is 0. The predicted octanol–water partition coefficient (Wildman–Crippen LogP) is 1.37. The third-order valence-corrected chi connectivity index (χ3v) is 0. The van der Waals surface area contributed by atoms with Crippen molar-refractivity contribution in [2.45, 2.75) is 17.1 Å². The van der Waals surface area contributed by atoms with Gasteiger partial charge in [0, 0.05) is 0 Å². The Morgan fingerprint density at radius 1 is 1.00 bits per heavy atom. The molecule has 0 saturated heterocycles. The second-order valence-corrected chi connectivity index (χ2v) is 6.97. The van der Waals surface area contributed by atoms with Crippen molar-refractivity contribution in [3.05, 3.63) is 0 Å². The molecule has 0 bridgehead atoms. The minimum absolute atomic E-state index is 0.188. The van der Waals surface area contributed by atoms with Gasteiger partial charge in [-0.1, -0.05) is 0 Å². The van der Waals surface area contributed by atoms with Crippen LogP contribution in [0.3, 0.4) is 0 Å². The molecule has 0 aliphatic heterocycles. The molecule has 0 aromatic rings. The van der Waals surface area contributed by atoms with Gasteiger partial charge >= 0.3 is 31.8 Å². The predicted molar refractivity (Wildman–Crippen MR) is 23.3 cm³/mol. The van der Waals surface area contributed by atoms with E-state index in [-0.39, 0.29) is 14.7 Å². The van der Waals surface area contributed by atoms with Crippen molar-refractivity contribution >= 4 is 14.7 Å². The first-order valence-corrected chi connectivity index (χ1v) is 6.97. The normalized spacial score (nSPS) is 9.00. The summed E-state index contributed by atoms with van der Waals surface area (Å²) in [7, 11) is 0. The molecule has 4 heavy (non-hydrogen) atoms. The second kappa shape index (κ2) is 1.84. The third-order valence-electron chi connectivity index (χ3n) is 0. The number of rotatable bonds is 0. The van der Waals surface area contributed by atoms with Crippen LogP contribution in [0.2, 0.25) is 17.1 Å². The van der Waals surface area contributed by atoms with Crippen LogP contribution in [-0.4, -0.2) is 14.7 Å². The van der Waals surface area contributed by atoms with Gasteiger partial charge in [-0.25, -0.2) is 0 Å². The molecular weight excluding hydrogens is 111 g/mol. The van der Waals surface area contributed by atoms with Crippen LogP contribution in [0.4, 0.5) is 0 Å². The van der Waals surface area contributed by atoms with Crippen LogP contribution in [0.15, 0.2) is 0 Å². The molecule has 0 N–H and O–H groups in total. The Kier molecular flexibility index (Phi) is 2.10. The van der Waals surface area contributed by atoms with Gasteiger partial charge in [-0.3, -0.25) is 0 Å². The summed E-state index contributed by atoms with van der Waals surface area (Å²) in [6.07, 6.45) is 0. The second-order valence-electron chi connectivity index (χ2n) is 1.34. The van der Waals surface area contributed by atoms with Crippen molar-refractivity contribution in [1.82, 2.24) is 0 Å². The quantitative estimate of drug-likeness (QED) is 0.423. The molecule has 0 amide bonds. The summed E-state index contributed by atoms with van der Waals surface area (Å²) in [6.45, 7) is 0. The van der Waals surface area contributed by atoms with E-state index in [0.29, 0.717) is 0 Å². The molecule has 0 aromatic heterocycles. The van der Waals surface area contributed by atoms with Gasteiger partial charge in [0.15, 0.2) is 0 Å². The molecule has 0 unspecified atom stereocenters. The zero-order chi connectivity index (χ0) is 3.58. The summed E-state index contributed by atoms with van der Waals surface area (Å²) in [6, 6.07) is 0. The third kappa shape index (κ3) is 19.9. The number of hydrogen-bond acceptors (Lipinski definition) is 0. The summed E-state index contributed by atoms with van der Waals surface area (Å²) in [4.78, 5) is 0. The first-order valence-electron chi connectivity index (χ1n) is 1.34. The van der Waals surface area contributed by atoms with Crippen LogP contribution < -0.4 is 0 Å². The van der Waals surface area contributed by atoms with E-state index < -0.39 is 0 Å². The number of hydrogen-bond donors (Lipinski definition) is 0. The van der Waals surface area contributed by atoms with Crippen molar-refractivity contribution in [3.63, 3.8) is 0 Å². The zero-order valence-electron chi connectivity index (χ0n) is 3.45. The van der Waals surface area contributed by atoms with Crippen LogP contribution in [0.5, 0.6) is 0 Å². The summed E-state index contributed by atoms with van der Waals surface area (Å²) >= 11 is -0.188. The average Bonchev–Trinajstić information content (AvgIpc) is 0.811. The molecular formula is C3H9As. The van der Waals surface area contributed by atoms with E-state index in [1.165, 1.54) is 0 Å². The van der Waals surface area contributed by atoms with Crippen molar-refractivity contribution in [2.24, 2.45) is 0 Å². The Bertz CT molecular complexity index is 8.00. The minimum atomic E-state index is -0.188. The monoisotopic (exact) mass is 120 g/mol. The molecule has 0 spiro atoms. The van der Waals surface area contributed by atoms with E-state index in [1.54, 1.807) is 0 Å². The van der Waals surface area contributed by atoms with Crippen LogP contribution in [0, 0.1) is 0 Å². The molecule has 26 valence electrons. The van der Waals surface area contributed by atoms with Gasteiger partial charge in [-0.2, -0.15) is 0 Å². The SMILES string of the molecule is C[As](C)C. The summed E-state index contributed by atoms with van der Waals surface area (Å²) in [5, 5.41) is 0. The average molecular weight is 120 g/mol. The molecule has 0 fully saturated rings. The molecule has 0 aromatic carbocycles. The van der Waals surface area contributed by atoms with Gasteiger partial charge < -0.3 is 0 Å². The molecule has 0 rings (SSSR count). The fraction of sp³-hybridized carbons (Fsp3) is 1.00. The van der Waals surface area contributed by atoms with Crippen molar-refractivity contribution in [1.29, 1.82) is 0 Å². The van der Waals surface area contributed by atoms with E-state index in [9.17, 15) is 0 Å². The van der Waals surface area contributed by atoms with Gasteiger partial charge in [0.1, 0.15) is 0 Å². The Morgan fingerprint density at radius 3 is 1.00 bits per heavy atom. The van der Waals surface area contributed by atoms with Crippen molar-refractivity contribution in [3.8, 4) is 0 Å². The Morgan fingerprint density at radius 2 is 1.00 bits per heavy atom. The van der Waals surface area contributed by atoms with Crippen LogP contribution in [0.1, 0.15) is 0 Å². The maximum absolute atomic E-state index is 2.31. The Balaban J connectivity index is 2.32. The van der Waals surface area contributed by atoms with E-state index in [1.807, 2.05) is 0 Å². The Hall–Kier alpha value is 0.558.